The van der Waals surface area contributed by atoms with Gasteiger partial charge in [-0.3, -0.25) is 0 Å². The van der Waals surface area contributed by atoms with Crippen molar-refractivity contribution in [3.05, 3.63) is 64.7 Å². The highest BCUT2D eigenvalue weighted by atomic mass is 35.5. The molecule has 0 unspecified atom stereocenters. The number of hydrogen-bond acceptors (Lipinski definition) is 2. The Labute approximate surface area is 132 Å². The zero-order valence-corrected chi connectivity index (χ0v) is 13.4. The van der Waals surface area contributed by atoms with Crippen molar-refractivity contribution in [2.75, 3.05) is 6.54 Å². The molecule has 2 rings (SSSR count). The number of halogens is 1. The highest BCUT2D eigenvalue weighted by Crippen LogP contribution is 2.26. The second kappa shape index (κ2) is 8.06. The summed E-state index contributed by atoms with van der Waals surface area (Å²) in [5.74, 6) is 0.750. The molecule has 1 N–H and O–H groups in total. The van der Waals surface area contributed by atoms with Crippen LogP contribution in [0.4, 0.5) is 0 Å². The summed E-state index contributed by atoms with van der Waals surface area (Å²) in [6, 6.07) is 16.4. The van der Waals surface area contributed by atoms with Crippen molar-refractivity contribution < 1.29 is 4.74 Å². The molecule has 0 spiro atoms. The molecule has 21 heavy (non-hydrogen) atoms. The molecule has 0 fully saturated rings. The smallest absolute Gasteiger partial charge is 0.138 e. The minimum atomic E-state index is 0.136. The van der Waals surface area contributed by atoms with E-state index in [0.717, 1.165) is 25.3 Å². The van der Waals surface area contributed by atoms with Crippen LogP contribution >= 0.6 is 11.6 Å². The van der Waals surface area contributed by atoms with Crippen molar-refractivity contribution in [2.24, 2.45) is 0 Å². The van der Waals surface area contributed by atoms with Crippen LogP contribution in [0, 0.1) is 0 Å². The molecule has 0 saturated carbocycles. The lowest BCUT2D eigenvalue weighted by atomic mass is 10.1. The number of hydrogen-bond donors (Lipinski definition) is 1. The van der Waals surface area contributed by atoms with Gasteiger partial charge in [-0.15, -0.1) is 0 Å². The quantitative estimate of drug-likeness (QED) is 0.763. The molecular weight excluding hydrogens is 282 g/mol. The van der Waals surface area contributed by atoms with Crippen LogP contribution in [0.2, 0.25) is 5.02 Å². The summed E-state index contributed by atoms with van der Waals surface area (Å²) in [7, 11) is 0. The fourth-order valence-electron chi connectivity index (χ4n) is 2.11. The number of benzene rings is 2. The van der Waals surface area contributed by atoms with Crippen molar-refractivity contribution in [2.45, 2.75) is 32.9 Å². The third kappa shape index (κ3) is 5.41. The molecule has 0 atom stereocenters. The SMILES string of the molecule is CC(C)Oc1ccc(CNCCc2ccccc2)cc1Cl. The Morgan fingerprint density at radius 1 is 1.05 bits per heavy atom. The van der Waals surface area contributed by atoms with Gasteiger partial charge in [0.2, 0.25) is 0 Å². The fraction of sp³-hybridized carbons (Fsp3) is 0.333. The highest BCUT2D eigenvalue weighted by Gasteiger charge is 2.04. The van der Waals surface area contributed by atoms with Crippen LogP contribution in [0.5, 0.6) is 5.75 Å². The van der Waals surface area contributed by atoms with Crippen molar-refractivity contribution >= 4 is 11.6 Å². The lowest BCUT2D eigenvalue weighted by molar-refractivity contribution is 0.242. The van der Waals surface area contributed by atoms with E-state index < -0.39 is 0 Å². The third-order valence-corrected chi connectivity index (χ3v) is 3.42. The average molecular weight is 304 g/mol. The first kappa shape index (κ1) is 15.9. The lowest BCUT2D eigenvalue weighted by Crippen LogP contribution is -2.16. The summed E-state index contributed by atoms with van der Waals surface area (Å²) in [5.41, 5.74) is 2.52. The Hall–Kier alpha value is -1.51. The van der Waals surface area contributed by atoms with Gasteiger partial charge in [-0.05, 0) is 50.1 Å². The van der Waals surface area contributed by atoms with Crippen LogP contribution < -0.4 is 10.1 Å². The van der Waals surface area contributed by atoms with E-state index >= 15 is 0 Å². The van der Waals surface area contributed by atoms with Crippen molar-refractivity contribution in [3.8, 4) is 5.75 Å². The molecule has 0 bridgehead atoms. The van der Waals surface area contributed by atoms with E-state index in [1.807, 2.05) is 32.0 Å². The average Bonchev–Trinajstić information content (AvgIpc) is 2.47. The van der Waals surface area contributed by atoms with Crippen molar-refractivity contribution in [3.63, 3.8) is 0 Å². The largest absolute Gasteiger partial charge is 0.489 e. The lowest BCUT2D eigenvalue weighted by Gasteiger charge is -2.12. The number of ether oxygens (including phenoxy) is 1. The molecule has 112 valence electrons. The molecule has 0 saturated heterocycles. The predicted molar refractivity (Wildman–Crippen MR) is 89.1 cm³/mol. The summed E-state index contributed by atoms with van der Waals surface area (Å²) < 4.78 is 5.63. The Morgan fingerprint density at radius 2 is 1.81 bits per heavy atom. The summed E-state index contributed by atoms with van der Waals surface area (Å²) in [4.78, 5) is 0. The van der Waals surface area contributed by atoms with Crippen molar-refractivity contribution in [1.82, 2.24) is 5.32 Å². The van der Waals surface area contributed by atoms with E-state index in [4.69, 9.17) is 16.3 Å². The molecule has 2 aromatic rings. The third-order valence-electron chi connectivity index (χ3n) is 3.12. The van der Waals surface area contributed by atoms with Gasteiger partial charge < -0.3 is 10.1 Å². The van der Waals surface area contributed by atoms with Crippen LogP contribution in [0.1, 0.15) is 25.0 Å². The number of nitrogens with one attached hydrogen (secondary N) is 1. The van der Waals surface area contributed by atoms with Crippen molar-refractivity contribution in [1.29, 1.82) is 0 Å². The summed E-state index contributed by atoms with van der Waals surface area (Å²) >= 11 is 6.23. The van der Waals surface area contributed by atoms with Gasteiger partial charge in [-0.1, -0.05) is 48.0 Å². The first-order chi connectivity index (χ1) is 10.1. The maximum Gasteiger partial charge on any atom is 0.138 e. The van der Waals surface area contributed by atoms with E-state index in [0.29, 0.717) is 5.02 Å². The molecule has 0 aliphatic carbocycles. The zero-order chi connectivity index (χ0) is 15.1. The zero-order valence-electron chi connectivity index (χ0n) is 12.6. The van der Waals surface area contributed by atoms with E-state index in [9.17, 15) is 0 Å². The summed E-state index contributed by atoms with van der Waals surface area (Å²) in [6.07, 6.45) is 1.17. The number of rotatable bonds is 7. The van der Waals surface area contributed by atoms with Gasteiger partial charge >= 0.3 is 0 Å². The molecule has 0 aliphatic rings. The standard InChI is InChI=1S/C18H22ClNO/c1-14(2)21-18-9-8-16(12-17(18)19)13-20-11-10-15-6-4-3-5-7-15/h3-9,12,14,20H,10-11,13H2,1-2H3. The second-order valence-electron chi connectivity index (χ2n) is 5.34. The van der Waals surface area contributed by atoms with Crippen LogP contribution in [0.15, 0.2) is 48.5 Å². The predicted octanol–water partition coefficient (Wildman–Crippen LogP) is 4.46. The Kier molecular flexibility index (Phi) is 6.09. The summed E-state index contributed by atoms with van der Waals surface area (Å²) in [6.45, 7) is 5.76. The summed E-state index contributed by atoms with van der Waals surface area (Å²) in [5, 5.41) is 4.11. The maximum atomic E-state index is 6.23. The first-order valence-electron chi connectivity index (χ1n) is 7.35. The van der Waals surface area contributed by atoms with E-state index in [1.54, 1.807) is 0 Å². The molecule has 0 aliphatic heterocycles. The van der Waals surface area contributed by atoms with E-state index in [-0.39, 0.29) is 6.10 Å². The minimum Gasteiger partial charge on any atom is -0.489 e. The van der Waals surface area contributed by atoms with Gasteiger partial charge in [-0.25, -0.2) is 0 Å². The van der Waals surface area contributed by atoms with Gasteiger partial charge in [0.15, 0.2) is 0 Å². The van der Waals surface area contributed by atoms with Gasteiger partial charge in [-0.2, -0.15) is 0 Å². The van der Waals surface area contributed by atoms with Gasteiger partial charge in [0.25, 0.3) is 0 Å². The molecule has 0 aromatic heterocycles. The van der Waals surface area contributed by atoms with Crippen LogP contribution in [0.25, 0.3) is 0 Å². The Morgan fingerprint density at radius 3 is 2.48 bits per heavy atom. The molecule has 2 nitrogen and oxygen atoms in total. The second-order valence-corrected chi connectivity index (χ2v) is 5.75. The van der Waals surface area contributed by atoms with Crippen LogP contribution in [-0.4, -0.2) is 12.6 Å². The molecule has 3 heteroatoms. The molecule has 2 aromatic carbocycles. The molecular formula is C18H22ClNO. The molecule has 0 amide bonds. The molecule has 0 heterocycles. The minimum absolute atomic E-state index is 0.136. The topological polar surface area (TPSA) is 21.3 Å². The Bertz CT molecular complexity index is 554. The monoisotopic (exact) mass is 303 g/mol. The molecule has 0 radical (unpaired) electrons. The fourth-order valence-corrected chi connectivity index (χ4v) is 2.36. The van der Waals surface area contributed by atoms with Crippen LogP contribution in [-0.2, 0) is 13.0 Å². The van der Waals surface area contributed by atoms with Gasteiger partial charge in [0, 0.05) is 6.54 Å². The normalized spacial score (nSPS) is 10.9. The first-order valence-corrected chi connectivity index (χ1v) is 7.72. The van der Waals surface area contributed by atoms with Gasteiger partial charge in [0.05, 0.1) is 11.1 Å². The van der Waals surface area contributed by atoms with E-state index in [2.05, 4.69) is 35.6 Å². The maximum absolute atomic E-state index is 6.23. The van der Waals surface area contributed by atoms with E-state index in [1.165, 1.54) is 11.1 Å². The van der Waals surface area contributed by atoms with Gasteiger partial charge in [0.1, 0.15) is 5.75 Å². The van der Waals surface area contributed by atoms with Crippen LogP contribution in [0.3, 0.4) is 0 Å². The Balaban J connectivity index is 1.79. The highest BCUT2D eigenvalue weighted by molar-refractivity contribution is 6.32.